The van der Waals surface area contributed by atoms with Gasteiger partial charge in [0.25, 0.3) is 0 Å². The maximum atomic E-state index is 6.88. The number of nitrogens with zero attached hydrogens (tertiary/aromatic N) is 4. The molecule has 0 fully saturated rings. The average molecular weight is 629 g/mol. The zero-order chi connectivity index (χ0) is 32.6. The number of rotatable bonds is 6. The zero-order valence-corrected chi connectivity index (χ0v) is 26.4. The van der Waals surface area contributed by atoms with E-state index in [1.54, 1.807) is 0 Å². The van der Waals surface area contributed by atoms with Gasteiger partial charge >= 0.3 is 0 Å². The highest BCUT2D eigenvalue weighted by Gasteiger charge is 2.24. The van der Waals surface area contributed by atoms with Crippen molar-refractivity contribution in [3.05, 3.63) is 170 Å². The van der Waals surface area contributed by atoms with Crippen molar-refractivity contribution < 1.29 is 4.42 Å². The van der Waals surface area contributed by atoms with E-state index < -0.39 is 0 Å². The highest BCUT2D eigenvalue weighted by molar-refractivity contribution is 6.18. The van der Waals surface area contributed by atoms with Gasteiger partial charge in [-0.2, -0.15) is 0 Å². The Hall–Kier alpha value is -6.72. The van der Waals surface area contributed by atoms with Crippen LogP contribution in [0.5, 0.6) is 0 Å². The Bertz CT molecular complexity index is 2510. The van der Waals surface area contributed by atoms with Crippen LogP contribution in [0, 0.1) is 0 Å². The van der Waals surface area contributed by atoms with Gasteiger partial charge in [-0.25, -0.2) is 19.9 Å². The third kappa shape index (κ3) is 5.24. The molecule has 49 heavy (non-hydrogen) atoms. The quantitative estimate of drug-likeness (QED) is 0.183. The van der Waals surface area contributed by atoms with Crippen LogP contribution in [0.1, 0.15) is 0 Å². The highest BCUT2D eigenvalue weighted by atomic mass is 16.3. The second kappa shape index (κ2) is 12.1. The lowest BCUT2D eigenvalue weighted by atomic mass is 9.95. The first-order valence-corrected chi connectivity index (χ1v) is 16.2. The number of furan rings is 1. The predicted octanol–water partition coefficient (Wildman–Crippen LogP) is 11.2. The fourth-order valence-electron chi connectivity index (χ4n) is 6.39. The first kappa shape index (κ1) is 28.5. The Balaban J connectivity index is 1.25. The van der Waals surface area contributed by atoms with Crippen molar-refractivity contribution >= 4 is 21.9 Å². The largest absolute Gasteiger partial charge is 0.453 e. The number of hydrogen-bond acceptors (Lipinski definition) is 5. The van der Waals surface area contributed by atoms with Crippen molar-refractivity contribution in [2.75, 3.05) is 0 Å². The SMILES string of the molecule is c1ccc(-c2nc(-c3ccccc3)nc(-c3ccc(-c4c(-c5ccccc5)oc5c(-c6ccccc6)nc6ccccc6c45)cc3)n2)cc1. The minimum absolute atomic E-state index is 0.612. The lowest BCUT2D eigenvalue weighted by Gasteiger charge is -2.10. The first-order chi connectivity index (χ1) is 24.3. The van der Waals surface area contributed by atoms with Gasteiger partial charge in [0, 0.05) is 44.2 Å². The molecule has 0 saturated heterocycles. The number of aromatic nitrogens is 4. The Morgan fingerprint density at radius 1 is 0.347 bits per heavy atom. The summed E-state index contributed by atoms with van der Waals surface area (Å²) in [7, 11) is 0. The minimum Gasteiger partial charge on any atom is -0.453 e. The molecule has 5 heteroatoms. The van der Waals surface area contributed by atoms with Crippen molar-refractivity contribution in [3.8, 4) is 67.9 Å². The topological polar surface area (TPSA) is 64.7 Å². The number of fused-ring (bicyclic) bond motifs is 3. The molecule has 9 aromatic rings. The molecule has 0 atom stereocenters. The molecular weight excluding hydrogens is 601 g/mol. The van der Waals surface area contributed by atoms with Crippen LogP contribution in [0.2, 0.25) is 0 Å². The smallest absolute Gasteiger partial charge is 0.164 e. The molecule has 9 rings (SSSR count). The van der Waals surface area contributed by atoms with Crippen molar-refractivity contribution in [2.24, 2.45) is 0 Å². The Kier molecular flexibility index (Phi) is 7.06. The fourth-order valence-corrected chi connectivity index (χ4v) is 6.39. The van der Waals surface area contributed by atoms with E-state index in [1.807, 2.05) is 103 Å². The molecule has 0 aliphatic carbocycles. The maximum absolute atomic E-state index is 6.88. The number of benzene rings is 6. The molecule has 5 nitrogen and oxygen atoms in total. The summed E-state index contributed by atoms with van der Waals surface area (Å²) in [5.74, 6) is 2.68. The molecule has 0 spiro atoms. The highest BCUT2D eigenvalue weighted by Crippen LogP contribution is 2.46. The van der Waals surface area contributed by atoms with Crippen LogP contribution < -0.4 is 0 Å². The van der Waals surface area contributed by atoms with E-state index in [0.717, 1.165) is 72.3 Å². The third-order valence-corrected chi connectivity index (χ3v) is 8.74. The van der Waals surface area contributed by atoms with Gasteiger partial charge in [0.05, 0.1) is 5.52 Å². The van der Waals surface area contributed by atoms with Crippen LogP contribution in [0.3, 0.4) is 0 Å². The van der Waals surface area contributed by atoms with E-state index in [0.29, 0.717) is 17.5 Å². The van der Waals surface area contributed by atoms with Gasteiger partial charge in [0.2, 0.25) is 0 Å². The van der Waals surface area contributed by atoms with Gasteiger partial charge in [-0.15, -0.1) is 0 Å². The predicted molar refractivity (Wildman–Crippen MR) is 198 cm³/mol. The van der Waals surface area contributed by atoms with E-state index in [2.05, 4.69) is 66.7 Å². The van der Waals surface area contributed by atoms with Crippen LogP contribution in [0.15, 0.2) is 174 Å². The average Bonchev–Trinajstić information content (AvgIpc) is 3.60. The Morgan fingerprint density at radius 2 is 0.776 bits per heavy atom. The molecule has 0 bridgehead atoms. The molecule has 0 N–H and O–H groups in total. The van der Waals surface area contributed by atoms with E-state index in [4.69, 9.17) is 24.4 Å². The van der Waals surface area contributed by atoms with Gasteiger partial charge < -0.3 is 4.42 Å². The Morgan fingerprint density at radius 3 is 1.33 bits per heavy atom. The lowest BCUT2D eigenvalue weighted by Crippen LogP contribution is -2.00. The van der Waals surface area contributed by atoms with Crippen molar-refractivity contribution in [1.82, 2.24) is 19.9 Å². The first-order valence-electron chi connectivity index (χ1n) is 16.2. The van der Waals surface area contributed by atoms with E-state index in [1.165, 1.54) is 0 Å². The van der Waals surface area contributed by atoms with E-state index in [9.17, 15) is 0 Å². The van der Waals surface area contributed by atoms with Crippen molar-refractivity contribution in [3.63, 3.8) is 0 Å². The number of hydrogen-bond donors (Lipinski definition) is 0. The lowest BCUT2D eigenvalue weighted by molar-refractivity contribution is 0.632. The monoisotopic (exact) mass is 628 g/mol. The number of para-hydroxylation sites is 1. The molecule has 0 amide bonds. The summed E-state index contributed by atoms with van der Waals surface area (Å²) in [6, 6.07) is 57.3. The normalized spacial score (nSPS) is 11.3. The van der Waals surface area contributed by atoms with Gasteiger partial charge in [-0.3, -0.25) is 0 Å². The van der Waals surface area contributed by atoms with Crippen LogP contribution in [0.25, 0.3) is 89.7 Å². The minimum atomic E-state index is 0.612. The van der Waals surface area contributed by atoms with Gasteiger partial charge in [-0.1, -0.05) is 164 Å². The molecule has 6 aromatic carbocycles. The Labute approximate surface area is 283 Å². The maximum Gasteiger partial charge on any atom is 0.164 e. The molecule has 0 radical (unpaired) electrons. The number of pyridine rings is 1. The van der Waals surface area contributed by atoms with Gasteiger partial charge in [-0.05, 0) is 11.6 Å². The van der Waals surface area contributed by atoms with Crippen molar-refractivity contribution in [1.29, 1.82) is 0 Å². The standard InChI is InChI=1S/C44H28N4O/c1-5-15-30(16-6-1)39-41-38(35-23-13-14-24-36(35)45-39)37(40(49-41)31-17-7-2-8-18-31)29-25-27-34(28-26-29)44-47-42(32-19-9-3-10-20-32)46-43(48-44)33-21-11-4-12-22-33/h1-28H. The molecule has 0 unspecified atom stereocenters. The summed E-state index contributed by atoms with van der Waals surface area (Å²) in [6.45, 7) is 0. The van der Waals surface area contributed by atoms with Crippen LogP contribution >= 0.6 is 0 Å². The van der Waals surface area contributed by atoms with Crippen molar-refractivity contribution in [2.45, 2.75) is 0 Å². The fraction of sp³-hybridized carbons (Fsp3) is 0. The molecule has 3 heterocycles. The zero-order valence-electron chi connectivity index (χ0n) is 26.4. The van der Waals surface area contributed by atoms with Gasteiger partial charge in [0.15, 0.2) is 23.1 Å². The summed E-state index contributed by atoms with van der Waals surface area (Å²) >= 11 is 0. The third-order valence-electron chi connectivity index (χ3n) is 8.74. The van der Waals surface area contributed by atoms with Gasteiger partial charge in [0.1, 0.15) is 11.5 Å². The van der Waals surface area contributed by atoms with Crippen LogP contribution in [-0.2, 0) is 0 Å². The summed E-state index contributed by atoms with van der Waals surface area (Å²) in [4.78, 5) is 19.9. The summed E-state index contributed by atoms with van der Waals surface area (Å²) in [6.07, 6.45) is 0. The second-order valence-electron chi connectivity index (χ2n) is 11.8. The summed E-state index contributed by atoms with van der Waals surface area (Å²) in [5, 5.41) is 2.08. The second-order valence-corrected chi connectivity index (χ2v) is 11.8. The molecule has 0 aliphatic rings. The molecular formula is C44H28N4O. The molecule has 0 aliphatic heterocycles. The molecule has 230 valence electrons. The van der Waals surface area contributed by atoms with Crippen LogP contribution in [-0.4, -0.2) is 19.9 Å². The van der Waals surface area contributed by atoms with E-state index >= 15 is 0 Å². The summed E-state index contributed by atoms with van der Waals surface area (Å²) < 4.78 is 6.88. The van der Waals surface area contributed by atoms with E-state index in [-0.39, 0.29) is 0 Å². The molecule has 0 saturated carbocycles. The summed E-state index contributed by atoms with van der Waals surface area (Å²) in [5.41, 5.74) is 9.32. The van der Waals surface area contributed by atoms with Crippen LogP contribution in [0.4, 0.5) is 0 Å². The molecule has 3 aromatic heterocycles.